The molecule has 0 unspecified atom stereocenters. The molecule has 1 N–H and O–H groups in total. The van der Waals surface area contributed by atoms with Crippen molar-refractivity contribution in [2.24, 2.45) is 0 Å². The largest absolute Gasteiger partial charge is 0.383 e. The Hall–Kier alpha value is -0.640. The first kappa shape index (κ1) is 10.9. The Morgan fingerprint density at radius 1 is 1.27 bits per heavy atom. The molecule has 1 nitrogen and oxygen atoms in total. The number of hydrogen-bond acceptors (Lipinski definition) is 2. The number of aliphatic hydroxyl groups is 1. The monoisotopic (exact) mass is 282 g/mol. The van der Waals surface area contributed by atoms with E-state index in [1.807, 2.05) is 43.3 Å². The number of hydrogen-bond donors (Lipinski definition) is 1. The van der Waals surface area contributed by atoms with Crippen molar-refractivity contribution in [1.82, 2.24) is 0 Å². The van der Waals surface area contributed by atoms with Crippen LogP contribution < -0.4 is 0 Å². The second-order valence-corrected chi connectivity index (χ2v) is 5.64. The number of aryl methyl sites for hydroxylation is 1. The zero-order valence-electron chi connectivity index (χ0n) is 8.27. The van der Waals surface area contributed by atoms with Crippen LogP contribution in [0.25, 0.3) is 0 Å². The number of rotatable bonds is 2. The highest BCUT2D eigenvalue weighted by atomic mass is 79.9. The van der Waals surface area contributed by atoms with E-state index in [2.05, 4.69) is 15.9 Å². The van der Waals surface area contributed by atoms with Crippen LogP contribution in [0.1, 0.15) is 21.4 Å². The van der Waals surface area contributed by atoms with Gasteiger partial charge in [0.05, 0.1) is 0 Å². The van der Waals surface area contributed by atoms with E-state index in [1.54, 1.807) is 11.3 Å². The third kappa shape index (κ3) is 2.48. The average molecular weight is 283 g/mol. The number of benzene rings is 1. The molecule has 78 valence electrons. The van der Waals surface area contributed by atoms with Crippen LogP contribution in [0.4, 0.5) is 0 Å². The van der Waals surface area contributed by atoms with Gasteiger partial charge in [0.25, 0.3) is 0 Å². The first-order valence-corrected chi connectivity index (χ1v) is 6.27. The summed E-state index contributed by atoms with van der Waals surface area (Å²) in [5.41, 5.74) is 0.922. The lowest BCUT2D eigenvalue weighted by atomic mass is 10.1. The van der Waals surface area contributed by atoms with Crippen molar-refractivity contribution in [3.63, 3.8) is 0 Å². The SMILES string of the molecule is Cc1ccc([C@H](O)c2cccc(Br)c2)s1. The van der Waals surface area contributed by atoms with E-state index in [-0.39, 0.29) is 0 Å². The lowest BCUT2D eigenvalue weighted by molar-refractivity contribution is 0.224. The van der Waals surface area contributed by atoms with Gasteiger partial charge in [-0.2, -0.15) is 0 Å². The fraction of sp³-hybridized carbons (Fsp3) is 0.167. The Bertz CT molecular complexity index is 464. The van der Waals surface area contributed by atoms with E-state index in [1.165, 1.54) is 4.88 Å². The summed E-state index contributed by atoms with van der Waals surface area (Å²) in [6, 6.07) is 11.8. The molecule has 15 heavy (non-hydrogen) atoms. The summed E-state index contributed by atoms with van der Waals surface area (Å²) in [5.74, 6) is 0. The number of thiophene rings is 1. The summed E-state index contributed by atoms with van der Waals surface area (Å²) in [5, 5.41) is 10.1. The lowest BCUT2D eigenvalue weighted by Crippen LogP contribution is -1.96. The van der Waals surface area contributed by atoms with Crippen LogP contribution in [0.15, 0.2) is 40.9 Å². The second-order valence-electron chi connectivity index (χ2n) is 3.41. The van der Waals surface area contributed by atoms with Gasteiger partial charge in [-0.05, 0) is 36.8 Å². The van der Waals surface area contributed by atoms with E-state index in [4.69, 9.17) is 0 Å². The molecule has 0 aliphatic carbocycles. The van der Waals surface area contributed by atoms with Crippen LogP contribution in [0, 0.1) is 6.92 Å². The molecule has 1 heterocycles. The van der Waals surface area contributed by atoms with Crippen LogP contribution in [-0.2, 0) is 0 Å². The first-order valence-electron chi connectivity index (χ1n) is 4.66. The molecule has 2 aromatic rings. The van der Waals surface area contributed by atoms with Crippen LogP contribution in [0.3, 0.4) is 0 Å². The zero-order valence-corrected chi connectivity index (χ0v) is 10.7. The Morgan fingerprint density at radius 3 is 2.67 bits per heavy atom. The fourth-order valence-corrected chi connectivity index (χ4v) is 2.75. The molecule has 1 aromatic heterocycles. The summed E-state index contributed by atoms with van der Waals surface area (Å²) in [4.78, 5) is 2.21. The standard InChI is InChI=1S/C12H11BrOS/c1-8-5-6-11(15-8)12(14)9-3-2-4-10(13)7-9/h2-7,12,14H,1H3/t12-/m1/s1. The van der Waals surface area contributed by atoms with Crippen LogP contribution in [0.5, 0.6) is 0 Å². The molecule has 0 saturated carbocycles. The molecule has 1 aromatic carbocycles. The average Bonchev–Trinajstić information content (AvgIpc) is 2.64. The van der Waals surface area contributed by atoms with E-state index in [0.717, 1.165) is 14.9 Å². The third-order valence-corrected chi connectivity index (χ3v) is 3.74. The van der Waals surface area contributed by atoms with E-state index in [0.29, 0.717) is 0 Å². The highest BCUT2D eigenvalue weighted by Crippen LogP contribution is 2.29. The second kappa shape index (κ2) is 4.47. The highest BCUT2D eigenvalue weighted by Gasteiger charge is 2.12. The maximum atomic E-state index is 10.1. The normalized spacial score (nSPS) is 12.7. The smallest absolute Gasteiger partial charge is 0.113 e. The van der Waals surface area contributed by atoms with Crippen LogP contribution in [0.2, 0.25) is 0 Å². The van der Waals surface area contributed by atoms with Gasteiger partial charge in [0.15, 0.2) is 0 Å². The van der Waals surface area contributed by atoms with E-state index >= 15 is 0 Å². The molecule has 0 amide bonds. The number of aliphatic hydroxyl groups excluding tert-OH is 1. The highest BCUT2D eigenvalue weighted by molar-refractivity contribution is 9.10. The lowest BCUT2D eigenvalue weighted by Gasteiger charge is -2.08. The molecule has 0 aliphatic rings. The summed E-state index contributed by atoms with van der Waals surface area (Å²) < 4.78 is 0.993. The van der Waals surface area contributed by atoms with Crippen molar-refractivity contribution in [3.8, 4) is 0 Å². The Morgan fingerprint density at radius 2 is 2.07 bits per heavy atom. The predicted octanol–water partition coefficient (Wildman–Crippen LogP) is 3.90. The van der Waals surface area contributed by atoms with Crippen molar-refractivity contribution >= 4 is 27.3 Å². The van der Waals surface area contributed by atoms with E-state index in [9.17, 15) is 5.11 Å². The quantitative estimate of drug-likeness (QED) is 0.886. The summed E-state index contributed by atoms with van der Waals surface area (Å²) in [6.45, 7) is 2.04. The maximum Gasteiger partial charge on any atom is 0.113 e. The fourth-order valence-electron chi connectivity index (χ4n) is 1.44. The maximum absolute atomic E-state index is 10.1. The molecule has 0 radical (unpaired) electrons. The Kier molecular flexibility index (Phi) is 3.24. The molecule has 0 spiro atoms. The molecule has 3 heteroatoms. The summed E-state index contributed by atoms with van der Waals surface area (Å²) in [7, 11) is 0. The minimum atomic E-state index is -0.513. The minimum absolute atomic E-state index is 0.513. The molecule has 1 atom stereocenters. The first-order chi connectivity index (χ1) is 7.16. The van der Waals surface area contributed by atoms with Crippen molar-refractivity contribution in [2.75, 3.05) is 0 Å². The Labute approximate surface area is 102 Å². The molecular weight excluding hydrogens is 272 g/mol. The summed E-state index contributed by atoms with van der Waals surface area (Å²) in [6.07, 6.45) is -0.513. The van der Waals surface area contributed by atoms with Crippen LogP contribution >= 0.6 is 27.3 Å². The zero-order chi connectivity index (χ0) is 10.8. The third-order valence-electron chi connectivity index (χ3n) is 2.20. The van der Waals surface area contributed by atoms with Gasteiger partial charge < -0.3 is 5.11 Å². The van der Waals surface area contributed by atoms with Gasteiger partial charge in [-0.25, -0.2) is 0 Å². The van der Waals surface area contributed by atoms with Crippen molar-refractivity contribution in [3.05, 3.63) is 56.2 Å². The topological polar surface area (TPSA) is 20.2 Å². The minimum Gasteiger partial charge on any atom is -0.383 e. The molecule has 0 fully saturated rings. The molecule has 2 rings (SSSR count). The van der Waals surface area contributed by atoms with Crippen molar-refractivity contribution < 1.29 is 5.11 Å². The van der Waals surface area contributed by atoms with Gasteiger partial charge in [0, 0.05) is 14.2 Å². The summed E-state index contributed by atoms with van der Waals surface area (Å²) >= 11 is 5.03. The van der Waals surface area contributed by atoms with Gasteiger partial charge in [-0.3, -0.25) is 0 Å². The van der Waals surface area contributed by atoms with Gasteiger partial charge in [-0.1, -0.05) is 28.1 Å². The van der Waals surface area contributed by atoms with Crippen LogP contribution in [-0.4, -0.2) is 5.11 Å². The van der Waals surface area contributed by atoms with Gasteiger partial charge >= 0.3 is 0 Å². The van der Waals surface area contributed by atoms with E-state index < -0.39 is 6.10 Å². The predicted molar refractivity (Wildman–Crippen MR) is 67.3 cm³/mol. The molecular formula is C12H11BrOS. The molecule has 0 aliphatic heterocycles. The van der Waals surface area contributed by atoms with Crippen molar-refractivity contribution in [1.29, 1.82) is 0 Å². The Balaban J connectivity index is 2.32. The molecule has 0 bridgehead atoms. The molecule has 0 saturated heterocycles. The van der Waals surface area contributed by atoms with Gasteiger partial charge in [-0.15, -0.1) is 11.3 Å². The van der Waals surface area contributed by atoms with Gasteiger partial charge in [0.2, 0.25) is 0 Å². The van der Waals surface area contributed by atoms with Gasteiger partial charge in [0.1, 0.15) is 6.10 Å². The van der Waals surface area contributed by atoms with Crippen molar-refractivity contribution in [2.45, 2.75) is 13.0 Å². The number of halogens is 1.